The summed E-state index contributed by atoms with van der Waals surface area (Å²) in [4.78, 5) is 10.2. The molecule has 4 aromatic rings. The van der Waals surface area contributed by atoms with Crippen molar-refractivity contribution in [2.24, 2.45) is 5.10 Å². The van der Waals surface area contributed by atoms with Gasteiger partial charge in [-0.3, -0.25) is 9.97 Å². The molecule has 7 heteroatoms. The smallest absolute Gasteiger partial charge is 0.194 e. The fourth-order valence-corrected chi connectivity index (χ4v) is 4.52. The summed E-state index contributed by atoms with van der Waals surface area (Å²) in [5.74, 6) is 0. The van der Waals surface area contributed by atoms with Crippen LogP contribution in [0.4, 0.5) is 5.69 Å². The van der Waals surface area contributed by atoms with Crippen molar-refractivity contribution < 1.29 is 0 Å². The van der Waals surface area contributed by atoms with Gasteiger partial charge in [0.25, 0.3) is 0 Å². The minimum atomic E-state index is -0.0452. The third-order valence-electron chi connectivity index (χ3n) is 4.84. The van der Waals surface area contributed by atoms with Crippen LogP contribution < -0.4 is 5.32 Å². The Balaban J connectivity index is 1.55. The van der Waals surface area contributed by atoms with E-state index in [0.29, 0.717) is 5.11 Å². The Morgan fingerprint density at radius 1 is 1.00 bits per heavy atom. The zero-order valence-electron chi connectivity index (χ0n) is 15.4. The average Bonchev–Trinajstić information content (AvgIpc) is 3.44. The Bertz CT molecular complexity index is 1180. The first-order chi connectivity index (χ1) is 14.3. The molecule has 0 spiro atoms. The van der Waals surface area contributed by atoms with Gasteiger partial charge >= 0.3 is 0 Å². The van der Waals surface area contributed by atoms with Crippen LogP contribution in [-0.4, -0.2) is 25.8 Å². The van der Waals surface area contributed by atoms with Crippen molar-refractivity contribution in [2.45, 2.75) is 12.5 Å². The van der Waals surface area contributed by atoms with Crippen molar-refractivity contribution in [3.63, 3.8) is 0 Å². The van der Waals surface area contributed by atoms with Gasteiger partial charge in [-0.1, -0.05) is 36.4 Å². The molecule has 0 radical (unpaired) electrons. The van der Waals surface area contributed by atoms with Gasteiger partial charge in [0.2, 0.25) is 0 Å². The minimum absolute atomic E-state index is 0.0452. The quantitative estimate of drug-likeness (QED) is 0.464. The molecule has 0 saturated carbocycles. The van der Waals surface area contributed by atoms with Crippen molar-refractivity contribution in [1.82, 2.24) is 15.0 Å². The number of anilines is 1. The standard InChI is InChI=1S/C22H17N5S2/c28-22(25-15-6-2-1-3-7-15)27-19(14-18(26-27)20-10-5-13-29-20)16-8-4-9-17-21(16)24-12-11-23-17/h1-13,19H,14H2,(H,25,28). The highest BCUT2D eigenvalue weighted by molar-refractivity contribution is 7.80. The van der Waals surface area contributed by atoms with E-state index in [-0.39, 0.29) is 6.04 Å². The van der Waals surface area contributed by atoms with Crippen LogP contribution in [-0.2, 0) is 0 Å². The van der Waals surface area contributed by atoms with Gasteiger partial charge in [0, 0.05) is 30.1 Å². The summed E-state index contributed by atoms with van der Waals surface area (Å²) in [6, 6.07) is 20.1. The number of thiocarbonyl (C=S) groups is 1. The van der Waals surface area contributed by atoms with Crippen molar-refractivity contribution in [3.05, 3.63) is 88.9 Å². The number of para-hydroxylation sites is 2. The number of benzene rings is 2. The number of hydrogen-bond acceptors (Lipinski definition) is 5. The molecule has 5 nitrogen and oxygen atoms in total. The maximum Gasteiger partial charge on any atom is 0.194 e. The number of rotatable bonds is 3. The second-order valence-corrected chi connectivity index (χ2v) is 7.99. The molecular formula is C22H17N5S2. The van der Waals surface area contributed by atoms with Crippen LogP contribution in [0.2, 0.25) is 0 Å². The van der Waals surface area contributed by atoms with Crippen LogP contribution in [0.15, 0.2) is 83.5 Å². The molecule has 3 heterocycles. The van der Waals surface area contributed by atoms with Crippen LogP contribution in [0, 0.1) is 0 Å². The number of thiophene rings is 1. The predicted molar refractivity (Wildman–Crippen MR) is 122 cm³/mol. The van der Waals surface area contributed by atoms with Gasteiger partial charge in [-0.2, -0.15) is 5.10 Å². The number of aromatic nitrogens is 2. The van der Waals surface area contributed by atoms with Gasteiger partial charge in [-0.15, -0.1) is 11.3 Å². The summed E-state index contributed by atoms with van der Waals surface area (Å²) in [6.07, 6.45) is 4.20. The van der Waals surface area contributed by atoms with Crippen LogP contribution >= 0.6 is 23.6 Å². The van der Waals surface area contributed by atoms with Gasteiger partial charge in [0.05, 0.1) is 27.7 Å². The fraction of sp³-hybridized carbons (Fsp3) is 0.0909. The fourth-order valence-electron chi connectivity index (χ4n) is 3.52. The highest BCUT2D eigenvalue weighted by atomic mass is 32.1. The lowest BCUT2D eigenvalue weighted by Crippen LogP contribution is -2.31. The lowest BCUT2D eigenvalue weighted by atomic mass is 9.99. The zero-order valence-corrected chi connectivity index (χ0v) is 17.0. The van der Waals surface area contributed by atoms with E-state index in [4.69, 9.17) is 17.3 Å². The molecule has 0 saturated heterocycles. The maximum absolute atomic E-state index is 5.75. The van der Waals surface area contributed by atoms with Gasteiger partial charge in [0.15, 0.2) is 5.11 Å². The molecule has 1 aliphatic rings. The van der Waals surface area contributed by atoms with Crippen molar-refractivity contribution in [2.75, 3.05) is 5.32 Å². The van der Waals surface area contributed by atoms with Crippen molar-refractivity contribution in [3.8, 4) is 0 Å². The monoisotopic (exact) mass is 415 g/mol. The summed E-state index contributed by atoms with van der Waals surface area (Å²) in [5.41, 5.74) is 4.80. The predicted octanol–water partition coefficient (Wildman–Crippen LogP) is 5.24. The van der Waals surface area contributed by atoms with E-state index in [9.17, 15) is 0 Å². The molecule has 1 atom stereocenters. The second kappa shape index (κ2) is 7.69. The summed E-state index contributed by atoms with van der Waals surface area (Å²) < 4.78 is 0. The van der Waals surface area contributed by atoms with E-state index >= 15 is 0 Å². The number of nitrogens with zero attached hydrogens (tertiary/aromatic N) is 4. The molecule has 2 aromatic carbocycles. The Labute approximate surface area is 177 Å². The normalized spacial score (nSPS) is 16.1. The first-order valence-electron chi connectivity index (χ1n) is 9.26. The molecule has 0 fully saturated rings. The SMILES string of the molecule is S=C(Nc1ccccc1)N1N=C(c2cccs2)CC1c1cccc2nccnc12. The van der Waals surface area contributed by atoms with Crippen LogP contribution in [0.1, 0.15) is 22.9 Å². The highest BCUT2D eigenvalue weighted by Gasteiger charge is 2.33. The largest absolute Gasteiger partial charge is 0.331 e. The van der Waals surface area contributed by atoms with E-state index < -0.39 is 0 Å². The topological polar surface area (TPSA) is 53.4 Å². The number of nitrogens with one attached hydrogen (secondary N) is 1. The third-order valence-corrected chi connectivity index (χ3v) is 6.05. The number of fused-ring (bicyclic) bond motifs is 1. The van der Waals surface area contributed by atoms with Crippen molar-refractivity contribution in [1.29, 1.82) is 0 Å². The van der Waals surface area contributed by atoms with E-state index in [2.05, 4.69) is 32.8 Å². The highest BCUT2D eigenvalue weighted by Crippen LogP contribution is 2.36. The molecule has 0 bridgehead atoms. The minimum Gasteiger partial charge on any atom is -0.331 e. The summed E-state index contributed by atoms with van der Waals surface area (Å²) >= 11 is 7.44. The van der Waals surface area contributed by atoms with Crippen LogP contribution in [0.25, 0.3) is 11.0 Å². The lowest BCUT2D eigenvalue weighted by molar-refractivity contribution is 0.377. The molecule has 1 aliphatic heterocycles. The molecule has 5 rings (SSSR count). The Hall–Kier alpha value is -3.16. The molecule has 1 N–H and O–H groups in total. The van der Waals surface area contributed by atoms with E-state index in [1.165, 1.54) is 0 Å². The summed E-state index contributed by atoms with van der Waals surface area (Å²) in [6.45, 7) is 0. The van der Waals surface area contributed by atoms with E-state index in [1.807, 2.05) is 53.5 Å². The molecule has 2 aromatic heterocycles. The van der Waals surface area contributed by atoms with Gasteiger partial charge in [-0.25, -0.2) is 5.01 Å². The van der Waals surface area contributed by atoms with Gasteiger partial charge < -0.3 is 5.32 Å². The van der Waals surface area contributed by atoms with E-state index in [0.717, 1.165) is 39.3 Å². The zero-order chi connectivity index (χ0) is 19.6. The summed E-state index contributed by atoms with van der Waals surface area (Å²) in [5, 5.41) is 12.8. The van der Waals surface area contributed by atoms with Crippen molar-refractivity contribution >= 4 is 51.1 Å². The lowest BCUT2D eigenvalue weighted by Gasteiger charge is -2.25. The summed E-state index contributed by atoms with van der Waals surface area (Å²) in [7, 11) is 0. The Kier molecular flexibility index (Phi) is 4.75. The molecule has 142 valence electrons. The molecule has 0 amide bonds. The maximum atomic E-state index is 5.75. The molecule has 29 heavy (non-hydrogen) atoms. The number of hydrogen-bond donors (Lipinski definition) is 1. The van der Waals surface area contributed by atoms with Crippen LogP contribution in [0.3, 0.4) is 0 Å². The molecule has 0 aliphatic carbocycles. The first kappa shape index (κ1) is 17.9. The average molecular weight is 416 g/mol. The molecule has 1 unspecified atom stereocenters. The third kappa shape index (κ3) is 3.50. The van der Waals surface area contributed by atoms with Crippen LogP contribution in [0.5, 0.6) is 0 Å². The van der Waals surface area contributed by atoms with E-state index in [1.54, 1.807) is 23.7 Å². The molecular weight excluding hydrogens is 398 g/mol. The Morgan fingerprint density at radius 2 is 1.86 bits per heavy atom. The number of hydrazone groups is 1. The Morgan fingerprint density at radius 3 is 2.69 bits per heavy atom. The van der Waals surface area contributed by atoms with Gasteiger partial charge in [0.1, 0.15) is 0 Å². The van der Waals surface area contributed by atoms with Gasteiger partial charge in [-0.05, 0) is 41.9 Å². The second-order valence-electron chi connectivity index (χ2n) is 6.66. The first-order valence-corrected chi connectivity index (χ1v) is 10.5.